The number of aliphatic hydroxyl groups is 1. The summed E-state index contributed by atoms with van der Waals surface area (Å²) in [6.07, 6.45) is 14.3. The Labute approximate surface area is 188 Å². The minimum absolute atomic E-state index is 0.151. The van der Waals surface area contributed by atoms with Crippen molar-refractivity contribution in [3.63, 3.8) is 0 Å². The number of carbonyl (C=O) groups excluding carboxylic acids is 1. The van der Waals surface area contributed by atoms with Crippen LogP contribution in [0.3, 0.4) is 0 Å². The van der Waals surface area contributed by atoms with Gasteiger partial charge in [-0.3, -0.25) is 9.48 Å². The molecule has 0 amide bonds. The third kappa shape index (κ3) is 3.26. The predicted octanol–water partition coefficient (Wildman–Crippen LogP) is 5.73. The molecule has 172 valence electrons. The molecule has 0 unspecified atom stereocenters. The molecule has 31 heavy (non-hydrogen) atoms. The quantitative estimate of drug-likeness (QED) is 0.671. The van der Waals surface area contributed by atoms with Gasteiger partial charge in [-0.1, -0.05) is 13.8 Å². The largest absolute Gasteiger partial charge is 0.390 e. The van der Waals surface area contributed by atoms with Gasteiger partial charge in [0.05, 0.1) is 11.8 Å². The summed E-state index contributed by atoms with van der Waals surface area (Å²) in [6, 6.07) is -0.166. The van der Waals surface area contributed by atoms with Crippen molar-refractivity contribution in [3.8, 4) is 0 Å². The zero-order valence-electron chi connectivity index (χ0n) is 20.2. The van der Waals surface area contributed by atoms with Gasteiger partial charge >= 0.3 is 0 Å². The Morgan fingerprint density at radius 1 is 1.06 bits per heavy atom. The van der Waals surface area contributed by atoms with Gasteiger partial charge in [0.2, 0.25) is 0 Å². The molecule has 1 heterocycles. The van der Waals surface area contributed by atoms with Gasteiger partial charge in [0.15, 0.2) is 5.78 Å². The van der Waals surface area contributed by atoms with Gasteiger partial charge in [-0.15, -0.1) is 0 Å². The maximum Gasteiger partial charge on any atom is 0.160 e. The van der Waals surface area contributed by atoms with Crippen molar-refractivity contribution in [2.24, 2.45) is 40.4 Å². The average Bonchev–Trinajstić information content (AvgIpc) is 3.30. The topological polar surface area (TPSA) is 55.1 Å². The number of hydrogen-bond donors (Lipinski definition) is 1. The second-order valence-electron chi connectivity index (χ2n) is 12.6. The molecule has 0 spiro atoms. The molecule has 1 aromatic heterocycles. The molecule has 9 atom stereocenters. The van der Waals surface area contributed by atoms with Crippen molar-refractivity contribution in [2.45, 2.75) is 104 Å². The normalized spacial score (nSPS) is 47.9. The maximum absolute atomic E-state index is 13.6. The summed E-state index contributed by atoms with van der Waals surface area (Å²) in [6.45, 7) is 11.1. The Bertz CT molecular complexity index is 859. The van der Waals surface area contributed by atoms with Crippen LogP contribution in [-0.4, -0.2) is 26.3 Å². The predicted molar refractivity (Wildman–Crippen MR) is 123 cm³/mol. The van der Waals surface area contributed by atoms with Crippen molar-refractivity contribution in [2.75, 3.05) is 0 Å². The lowest BCUT2D eigenvalue weighted by molar-refractivity contribution is -0.151. The van der Waals surface area contributed by atoms with Gasteiger partial charge in [-0.25, -0.2) is 0 Å². The highest BCUT2D eigenvalue weighted by molar-refractivity contribution is 5.85. The number of aromatic nitrogens is 2. The first-order chi connectivity index (χ1) is 14.6. The molecule has 4 fully saturated rings. The first kappa shape index (κ1) is 21.7. The second kappa shape index (κ2) is 7.17. The van der Waals surface area contributed by atoms with E-state index >= 15 is 0 Å². The Kier molecular flexibility index (Phi) is 5.01. The van der Waals surface area contributed by atoms with Crippen molar-refractivity contribution < 1.29 is 9.90 Å². The average molecular weight is 427 g/mol. The smallest absolute Gasteiger partial charge is 0.160 e. The monoisotopic (exact) mass is 426 g/mol. The van der Waals surface area contributed by atoms with Crippen molar-refractivity contribution in [1.82, 2.24) is 9.78 Å². The summed E-state index contributed by atoms with van der Waals surface area (Å²) >= 11 is 0. The fourth-order valence-electron chi connectivity index (χ4n) is 8.96. The van der Waals surface area contributed by atoms with Gasteiger partial charge in [-0.05, 0) is 119 Å². The van der Waals surface area contributed by atoms with Crippen molar-refractivity contribution in [1.29, 1.82) is 0 Å². The van der Waals surface area contributed by atoms with E-state index in [1.54, 1.807) is 0 Å². The van der Waals surface area contributed by atoms with Gasteiger partial charge < -0.3 is 5.11 Å². The number of ketones is 1. The van der Waals surface area contributed by atoms with Crippen LogP contribution in [0.15, 0.2) is 12.4 Å². The van der Waals surface area contributed by atoms with Crippen LogP contribution in [0.2, 0.25) is 0 Å². The van der Waals surface area contributed by atoms with Crippen LogP contribution < -0.4 is 0 Å². The van der Waals surface area contributed by atoms with Gasteiger partial charge in [0.25, 0.3) is 0 Å². The Morgan fingerprint density at radius 2 is 1.81 bits per heavy atom. The fraction of sp³-hybridized carbons (Fsp3) is 0.852. The molecular weight excluding hydrogens is 384 g/mol. The van der Waals surface area contributed by atoms with Crippen LogP contribution in [0.1, 0.15) is 97.1 Å². The Morgan fingerprint density at radius 3 is 2.52 bits per heavy atom. The highest BCUT2D eigenvalue weighted by atomic mass is 16.3. The Balaban J connectivity index is 1.37. The van der Waals surface area contributed by atoms with Crippen LogP contribution in [0.4, 0.5) is 0 Å². The molecule has 4 heteroatoms. The van der Waals surface area contributed by atoms with Gasteiger partial charge in [-0.2, -0.15) is 5.10 Å². The molecule has 4 aliphatic carbocycles. The zero-order chi connectivity index (χ0) is 22.2. The number of Topliss-reactive ketones (excluding diaryl/α,β-unsaturated/α-hetero) is 1. The van der Waals surface area contributed by atoms with E-state index in [2.05, 4.69) is 18.9 Å². The van der Waals surface area contributed by atoms with E-state index in [0.29, 0.717) is 23.0 Å². The number of hydrogen-bond acceptors (Lipinski definition) is 3. The van der Waals surface area contributed by atoms with E-state index in [4.69, 9.17) is 0 Å². The van der Waals surface area contributed by atoms with Crippen LogP contribution in [-0.2, 0) is 4.79 Å². The second-order valence-corrected chi connectivity index (χ2v) is 12.6. The summed E-state index contributed by atoms with van der Waals surface area (Å²) < 4.78 is 1.88. The fourth-order valence-corrected chi connectivity index (χ4v) is 8.96. The molecule has 0 aliphatic heterocycles. The number of fused-ring (bicyclic) bond motifs is 5. The molecule has 1 N–H and O–H groups in total. The zero-order valence-corrected chi connectivity index (χ0v) is 20.2. The standard InChI is InChI=1S/C27H42N2O2/c1-17-15-28-29(16-17)18(2)24(30)23-9-8-21-20-7-6-19-14-25(3,31)12-13-26(19,4)22(20)10-11-27(21,23)5/h15-16,18-23,31H,6-14H2,1-5H3/t18-,19-,20-,21-,22-,23+,25+,26-,27-/m0/s1. The summed E-state index contributed by atoms with van der Waals surface area (Å²) in [4.78, 5) is 13.6. The van der Waals surface area contributed by atoms with E-state index < -0.39 is 5.60 Å². The highest BCUT2D eigenvalue weighted by Gasteiger charge is 2.62. The van der Waals surface area contributed by atoms with Crippen molar-refractivity contribution in [3.05, 3.63) is 18.0 Å². The van der Waals surface area contributed by atoms with E-state index in [-0.39, 0.29) is 17.4 Å². The Hall–Kier alpha value is -1.16. The minimum atomic E-state index is -0.466. The molecular formula is C27H42N2O2. The van der Waals surface area contributed by atoms with E-state index in [1.165, 1.54) is 38.5 Å². The molecule has 4 nitrogen and oxygen atoms in total. The van der Waals surface area contributed by atoms with Crippen LogP contribution in [0.25, 0.3) is 0 Å². The molecule has 1 aromatic rings. The minimum Gasteiger partial charge on any atom is -0.390 e. The van der Waals surface area contributed by atoms with Crippen LogP contribution >= 0.6 is 0 Å². The third-order valence-electron chi connectivity index (χ3n) is 10.8. The molecule has 4 aliphatic rings. The number of carbonyl (C=O) groups is 1. The number of aryl methyl sites for hydroxylation is 1. The maximum atomic E-state index is 13.6. The first-order valence-electron chi connectivity index (χ1n) is 12.8. The third-order valence-corrected chi connectivity index (χ3v) is 10.8. The van der Waals surface area contributed by atoms with Crippen molar-refractivity contribution >= 4 is 5.78 Å². The lowest BCUT2D eigenvalue weighted by Crippen LogP contribution is -2.55. The van der Waals surface area contributed by atoms with Gasteiger partial charge in [0.1, 0.15) is 6.04 Å². The summed E-state index contributed by atoms with van der Waals surface area (Å²) in [5.74, 6) is 3.48. The van der Waals surface area contributed by atoms with E-state index in [1.807, 2.05) is 37.8 Å². The lowest BCUT2D eigenvalue weighted by atomic mass is 9.44. The lowest BCUT2D eigenvalue weighted by Gasteiger charge is -2.61. The molecule has 0 bridgehead atoms. The van der Waals surface area contributed by atoms with E-state index in [9.17, 15) is 9.90 Å². The first-order valence-corrected chi connectivity index (χ1v) is 12.8. The molecule has 0 radical (unpaired) electrons. The molecule has 0 saturated heterocycles. The van der Waals surface area contributed by atoms with Crippen LogP contribution in [0.5, 0.6) is 0 Å². The van der Waals surface area contributed by atoms with Crippen LogP contribution in [0, 0.1) is 47.3 Å². The number of rotatable bonds is 3. The molecule has 5 rings (SSSR count). The highest BCUT2D eigenvalue weighted by Crippen LogP contribution is 2.68. The summed E-state index contributed by atoms with van der Waals surface area (Å²) in [7, 11) is 0. The summed E-state index contributed by atoms with van der Waals surface area (Å²) in [5, 5.41) is 15.2. The van der Waals surface area contributed by atoms with E-state index in [0.717, 1.165) is 36.7 Å². The van der Waals surface area contributed by atoms with Gasteiger partial charge in [0, 0.05) is 12.1 Å². The molecule has 4 saturated carbocycles. The molecule has 0 aromatic carbocycles. The summed E-state index contributed by atoms with van der Waals surface area (Å²) in [5.41, 5.74) is 1.19. The number of nitrogens with zero attached hydrogens (tertiary/aromatic N) is 2. The SMILES string of the molecule is Cc1cnn([C@@H](C)C(=O)[C@H]2CC[C@H]3[C@@H]4CC[C@H]5C[C@](C)(O)CC[C@]5(C)[C@H]4CC[C@]23C)c1.